The minimum Gasteiger partial charge on any atom is -0.483 e. The first-order valence-corrected chi connectivity index (χ1v) is 8.93. The van der Waals surface area contributed by atoms with Gasteiger partial charge in [-0.15, -0.1) is 0 Å². The molecular formula is C18H28BrNO2. The van der Waals surface area contributed by atoms with Crippen molar-refractivity contribution in [1.29, 1.82) is 0 Å². The average Bonchev–Trinajstić information content (AvgIpc) is 2.46. The first-order chi connectivity index (χ1) is 10.5. The fraction of sp³-hybridized carbons (Fsp3) is 0.611. The molecule has 1 atom stereocenters. The Labute approximate surface area is 143 Å². The van der Waals surface area contributed by atoms with Gasteiger partial charge in [0.05, 0.1) is 0 Å². The Hall–Kier alpha value is -1.03. The van der Waals surface area contributed by atoms with Crippen molar-refractivity contribution in [2.75, 3.05) is 13.2 Å². The summed E-state index contributed by atoms with van der Waals surface area (Å²) in [5, 5.41) is 2.99. The molecule has 0 spiro atoms. The van der Waals surface area contributed by atoms with Crippen molar-refractivity contribution in [3.63, 3.8) is 0 Å². The molecule has 1 aromatic carbocycles. The van der Waals surface area contributed by atoms with Gasteiger partial charge in [-0.25, -0.2) is 0 Å². The zero-order valence-corrected chi connectivity index (χ0v) is 15.8. The third-order valence-corrected chi connectivity index (χ3v) is 4.36. The van der Waals surface area contributed by atoms with Crippen molar-refractivity contribution in [3.8, 4) is 5.75 Å². The Morgan fingerprint density at radius 1 is 1.27 bits per heavy atom. The third kappa shape index (κ3) is 6.39. The second kappa shape index (κ2) is 9.88. The number of carbonyl (C=O) groups is 1. The highest BCUT2D eigenvalue weighted by molar-refractivity contribution is 9.10. The van der Waals surface area contributed by atoms with Crippen LogP contribution in [0.4, 0.5) is 0 Å². The van der Waals surface area contributed by atoms with Crippen LogP contribution in [0.2, 0.25) is 0 Å². The molecular weight excluding hydrogens is 342 g/mol. The summed E-state index contributed by atoms with van der Waals surface area (Å²) in [6.07, 6.45) is 4.71. The lowest BCUT2D eigenvalue weighted by molar-refractivity contribution is -0.123. The second-order valence-electron chi connectivity index (χ2n) is 5.88. The quantitative estimate of drug-likeness (QED) is 0.680. The van der Waals surface area contributed by atoms with Gasteiger partial charge < -0.3 is 10.1 Å². The van der Waals surface area contributed by atoms with E-state index in [1.807, 2.05) is 26.0 Å². The molecule has 3 nitrogen and oxygen atoms in total. The van der Waals surface area contributed by atoms with Gasteiger partial charge in [-0.3, -0.25) is 4.79 Å². The van der Waals surface area contributed by atoms with E-state index < -0.39 is 0 Å². The molecule has 0 radical (unpaired) electrons. The molecule has 0 aliphatic heterocycles. The highest BCUT2D eigenvalue weighted by atomic mass is 79.9. The lowest BCUT2D eigenvalue weighted by Crippen LogP contribution is -2.33. The summed E-state index contributed by atoms with van der Waals surface area (Å²) in [5.74, 6) is 1.33. The maximum Gasteiger partial charge on any atom is 0.257 e. The largest absolute Gasteiger partial charge is 0.483 e. The van der Waals surface area contributed by atoms with Crippen molar-refractivity contribution >= 4 is 21.8 Å². The Bertz CT molecular complexity index is 465. The van der Waals surface area contributed by atoms with Crippen LogP contribution >= 0.6 is 15.9 Å². The Morgan fingerprint density at radius 3 is 2.45 bits per heavy atom. The van der Waals surface area contributed by atoms with Crippen molar-refractivity contribution in [1.82, 2.24) is 5.32 Å². The second-order valence-corrected chi connectivity index (χ2v) is 6.79. The van der Waals surface area contributed by atoms with Crippen molar-refractivity contribution in [3.05, 3.63) is 27.7 Å². The number of aryl methyl sites for hydroxylation is 2. The standard InChI is InChI=1S/C18H28BrNO2/c1-5-7-8-15(6-2)11-20-17(21)12-22-18-13(3)9-16(19)10-14(18)4/h9-10,15H,5-8,11-12H2,1-4H3,(H,20,21). The van der Waals surface area contributed by atoms with Gasteiger partial charge in [-0.1, -0.05) is 49.0 Å². The molecule has 1 amide bonds. The number of rotatable bonds is 9. The molecule has 4 heteroatoms. The summed E-state index contributed by atoms with van der Waals surface area (Å²) in [6, 6.07) is 4.00. The zero-order chi connectivity index (χ0) is 16.5. The van der Waals surface area contributed by atoms with E-state index >= 15 is 0 Å². The molecule has 0 heterocycles. The number of hydrogen-bond acceptors (Lipinski definition) is 2. The van der Waals surface area contributed by atoms with Gasteiger partial charge in [0.2, 0.25) is 0 Å². The zero-order valence-electron chi connectivity index (χ0n) is 14.2. The Morgan fingerprint density at radius 2 is 1.91 bits per heavy atom. The van der Waals surface area contributed by atoms with Crippen LogP contribution < -0.4 is 10.1 Å². The number of amides is 1. The molecule has 1 aromatic rings. The van der Waals surface area contributed by atoms with Crippen molar-refractivity contribution < 1.29 is 9.53 Å². The lowest BCUT2D eigenvalue weighted by Gasteiger charge is -2.16. The number of carbonyl (C=O) groups excluding carboxylic acids is 1. The fourth-order valence-electron chi connectivity index (χ4n) is 2.52. The molecule has 0 saturated heterocycles. The Balaban J connectivity index is 2.43. The molecule has 1 rings (SSSR count). The topological polar surface area (TPSA) is 38.3 Å². The molecule has 1 unspecified atom stereocenters. The molecule has 0 fully saturated rings. The summed E-state index contributed by atoms with van der Waals surface area (Å²) in [7, 11) is 0. The van der Waals surface area contributed by atoms with Crippen LogP contribution in [0, 0.1) is 19.8 Å². The maximum atomic E-state index is 12.0. The molecule has 124 valence electrons. The number of nitrogens with one attached hydrogen (secondary N) is 1. The summed E-state index contributed by atoms with van der Waals surface area (Å²) in [6.45, 7) is 9.18. The van der Waals surface area contributed by atoms with Gasteiger partial charge in [0.25, 0.3) is 5.91 Å². The molecule has 0 bridgehead atoms. The molecule has 1 N–H and O–H groups in total. The van der Waals surface area contributed by atoms with Crippen LogP contribution in [0.1, 0.15) is 50.7 Å². The highest BCUT2D eigenvalue weighted by Crippen LogP contribution is 2.27. The predicted molar refractivity (Wildman–Crippen MR) is 95.4 cm³/mol. The van der Waals surface area contributed by atoms with Crippen LogP contribution in [0.15, 0.2) is 16.6 Å². The average molecular weight is 370 g/mol. The van der Waals surface area contributed by atoms with Crippen LogP contribution in [0.25, 0.3) is 0 Å². The van der Waals surface area contributed by atoms with Crippen LogP contribution in [0.3, 0.4) is 0 Å². The smallest absolute Gasteiger partial charge is 0.257 e. The number of halogens is 1. The summed E-state index contributed by atoms with van der Waals surface area (Å²) in [5.41, 5.74) is 2.07. The normalized spacial score (nSPS) is 12.0. The van der Waals surface area contributed by atoms with Crippen LogP contribution in [0.5, 0.6) is 5.75 Å². The highest BCUT2D eigenvalue weighted by Gasteiger charge is 2.11. The Kier molecular flexibility index (Phi) is 8.54. The van der Waals surface area contributed by atoms with E-state index in [4.69, 9.17) is 4.74 Å². The minimum atomic E-state index is -0.0448. The van der Waals surface area contributed by atoms with E-state index in [9.17, 15) is 4.79 Å². The van der Waals surface area contributed by atoms with Crippen LogP contribution in [-0.4, -0.2) is 19.1 Å². The van der Waals surface area contributed by atoms with Crippen molar-refractivity contribution in [2.24, 2.45) is 5.92 Å². The van der Waals surface area contributed by atoms with E-state index in [2.05, 4.69) is 35.1 Å². The van der Waals surface area contributed by atoms with Gasteiger partial charge >= 0.3 is 0 Å². The van der Waals surface area contributed by atoms with E-state index in [1.54, 1.807) is 0 Å². The number of ether oxygens (including phenoxy) is 1. The van der Waals surface area contributed by atoms with Gasteiger partial charge in [0.15, 0.2) is 6.61 Å². The first-order valence-electron chi connectivity index (χ1n) is 8.14. The fourth-order valence-corrected chi connectivity index (χ4v) is 3.20. The summed E-state index contributed by atoms with van der Waals surface area (Å²) in [4.78, 5) is 12.0. The lowest BCUT2D eigenvalue weighted by atomic mass is 9.99. The number of unbranched alkanes of at least 4 members (excludes halogenated alkanes) is 1. The molecule has 0 aromatic heterocycles. The molecule has 0 saturated carbocycles. The molecule has 0 aliphatic carbocycles. The van der Waals surface area contributed by atoms with E-state index in [-0.39, 0.29) is 12.5 Å². The van der Waals surface area contributed by atoms with Crippen LogP contribution in [-0.2, 0) is 4.79 Å². The summed E-state index contributed by atoms with van der Waals surface area (Å²) >= 11 is 3.46. The monoisotopic (exact) mass is 369 g/mol. The number of hydrogen-bond donors (Lipinski definition) is 1. The van der Waals surface area contributed by atoms with Gasteiger partial charge in [-0.2, -0.15) is 0 Å². The minimum absolute atomic E-state index is 0.0448. The predicted octanol–water partition coefficient (Wildman–Crippen LogP) is 4.78. The SMILES string of the molecule is CCCCC(CC)CNC(=O)COc1c(C)cc(Br)cc1C. The maximum absolute atomic E-state index is 12.0. The summed E-state index contributed by atoms with van der Waals surface area (Å²) < 4.78 is 6.73. The first kappa shape index (κ1) is 19.0. The van der Waals surface area contributed by atoms with E-state index in [0.717, 1.165) is 34.3 Å². The molecule has 22 heavy (non-hydrogen) atoms. The van der Waals surface area contributed by atoms with E-state index in [0.29, 0.717) is 5.92 Å². The van der Waals surface area contributed by atoms with Gasteiger partial charge in [0.1, 0.15) is 5.75 Å². The van der Waals surface area contributed by atoms with Gasteiger partial charge in [-0.05, 0) is 49.4 Å². The third-order valence-electron chi connectivity index (χ3n) is 3.90. The molecule has 0 aliphatic rings. The van der Waals surface area contributed by atoms with Crippen molar-refractivity contribution in [2.45, 2.75) is 53.4 Å². The van der Waals surface area contributed by atoms with Gasteiger partial charge in [0, 0.05) is 11.0 Å². The van der Waals surface area contributed by atoms with E-state index in [1.165, 1.54) is 19.3 Å². The number of benzene rings is 1.